The molecule has 0 unspecified atom stereocenters. The number of nitrogens with zero attached hydrogens (tertiary/aromatic N) is 2. The average Bonchev–Trinajstić information content (AvgIpc) is 2.84. The molecule has 0 amide bonds. The molecule has 4 heteroatoms. The van der Waals surface area contributed by atoms with Crippen molar-refractivity contribution in [2.24, 2.45) is 0 Å². The van der Waals surface area contributed by atoms with E-state index < -0.39 is 0 Å². The van der Waals surface area contributed by atoms with Crippen molar-refractivity contribution >= 4 is 11.4 Å². The molecule has 4 nitrogen and oxygen atoms in total. The van der Waals surface area contributed by atoms with E-state index in [-0.39, 0.29) is 0 Å². The lowest BCUT2D eigenvalue weighted by molar-refractivity contribution is 0.104. The number of rotatable bonds is 8. The monoisotopic (exact) mass is 428 g/mol. The van der Waals surface area contributed by atoms with Crippen LogP contribution in [0.2, 0.25) is 0 Å². The van der Waals surface area contributed by atoms with Crippen LogP contribution < -0.4 is 11.5 Å². The summed E-state index contributed by atoms with van der Waals surface area (Å²) in [4.78, 5) is 5.18. The van der Waals surface area contributed by atoms with Crippen LogP contribution in [0, 0.1) is 0 Å². The Balaban J connectivity index is 1.47. The van der Waals surface area contributed by atoms with Gasteiger partial charge in [-0.2, -0.15) is 0 Å². The Kier molecular flexibility index (Phi) is 7.46. The van der Waals surface area contributed by atoms with Crippen LogP contribution >= 0.6 is 0 Å². The highest BCUT2D eigenvalue weighted by Gasteiger charge is 2.26. The third kappa shape index (κ3) is 5.14. The summed E-state index contributed by atoms with van der Waals surface area (Å²) in [6.07, 6.45) is 3.31. The van der Waals surface area contributed by atoms with Crippen molar-refractivity contribution in [2.75, 3.05) is 37.6 Å². The highest BCUT2D eigenvalue weighted by Crippen LogP contribution is 2.31. The van der Waals surface area contributed by atoms with Gasteiger partial charge in [0.15, 0.2) is 0 Å². The van der Waals surface area contributed by atoms with Gasteiger partial charge in [0.05, 0.1) is 17.4 Å². The maximum atomic E-state index is 6.37. The van der Waals surface area contributed by atoms with Gasteiger partial charge >= 0.3 is 0 Å². The third-order valence-corrected chi connectivity index (χ3v) is 6.66. The van der Waals surface area contributed by atoms with Gasteiger partial charge < -0.3 is 11.5 Å². The van der Waals surface area contributed by atoms with Crippen molar-refractivity contribution in [3.63, 3.8) is 0 Å². The summed E-state index contributed by atoms with van der Waals surface area (Å²) in [7, 11) is 0. The number of nitrogen functional groups attached to an aromatic ring is 2. The number of anilines is 2. The second kappa shape index (κ2) is 10.7. The lowest BCUT2D eigenvalue weighted by atomic mass is 9.96. The lowest BCUT2D eigenvalue weighted by Crippen LogP contribution is -2.47. The minimum absolute atomic E-state index is 0.298. The molecule has 3 aromatic rings. The van der Waals surface area contributed by atoms with Gasteiger partial charge in [-0.15, -0.1) is 0 Å². The average molecular weight is 429 g/mol. The Labute approximate surface area is 192 Å². The molecule has 4 rings (SSSR count). The summed E-state index contributed by atoms with van der Waals surface area (Å²) in [6.45, 7) is 7.35. The molecule has 0 saturated carbocycles. The molecule has 0 aromatic heterocycles. The first-order valence-corrected chi connectivity index (χ1v) is 11.9. The predicted molar refractivity (Wildman–Crippen MR) is 135 cm³/mol. The third-order valence-electron chi connectivity index (χ3n) is 6.66. The first-order valence-electron chi connectivity index (χ1n) is 11.9. The minimum atomic E-state index is 0.298. The standard InChI is InChI=1S/C28H36N4/c1-2-3-14-25-24(15-16-26(29)27(25)30)21-31-17-19-32(20-18-31)28(22-10-6-4-7-11-22)23-12-8-5-9-13-23/h4-13,15-16,28H,2-3,14,17-21,29-30H2,1H3. The summed E-state index contributed by atoms with van der Waals surface area (Å²) < 4.78 is 0. The first-order chi connectivity index (χ1) is 15.7. The lowest BCUT2D eigenvalue weighted by Gasteiger charge is -2.40. The molecule has 0 aliphatic carbocycles. The van der Waals surface area contributed by atoms with Gasteiger partial charge in [0, 0.05) is 32.7 Å². The Morgan fingerprint density at radius 2 is 1.38 bits per heavy atom. The van der Waals surface area contributed by atoms with Crippen LogP contribution in [0.3, 0.4) is 0 Å². The van der Waals surface area contributed by atoms with Gasteiger partial charge in [0.1, 0.15) is 0 Å². The van der Waals surface area contributed by atoms with Gasteiger partial charge in [0.25, 0.3) is 0 Å². The molecule has 1 saturated heterocycles. The zero-order chi connectivity index (χ0) is 22.3. The highest BCUT2D eigenvalue weighted by atomic mass is 15.3. The van der Waals surface area contributed by atoms with Crippen LogP contribution in [-0.2, 0) is 13.0 Å². The maximum absolute atomic E-state index is 6.37. The van der Waals surface area contributed by atoms with Crippen molar-refractivity contribution in [3.05, 3.63) is 95.1 Å². The van der Waals surface area contributed by atoms with E-state index in [9.17, 15) is 0 Å². The zero-order valence-electron chi connectivity index (χ0n) is 19.2. The molecule has 1 fully saturated rings. The van der Waals surface area contributed by atoms with Gasteiger partial charge in [-0.1, -0.05) is 80.1 Å². The van der Waals surface area contributed by atoms with Crippen molar-refractivity contribution in [2.45, 2.75) is 38.8 Å². The van der Waals surface area contributed by atoms with E-state index >= 15 is 0 Å². The maximum Gasteiger partial charge on any atom is 0.0602 e. The van der Waals surface area contributed by atoms with E-state index in [1.807, 2.05) is 6.07 Å². The van der Waals surface area contributed by atoms with Gasteiger partial charge in [0.2, 0.25) is 0 Å². The van der Waals surface area contributed by atoms with E-state index in [4.69, 9.17) is 11.5 Å². The van der Waals surface area contributed by atoms with Crippen molar-refractivity contribution < 1.29 is 0 Å². The molecule has 0 spiro atoms. The molecular weight excluding hydrogens is 392 g/mol. The smallest absolute Gasteiger partial charge is 0.0602 e. The summed E-state index contributed by atoms with van der Waals surface area (Å²) in [5.74, 6) is 0. The topological polar surface area (TPSA) is 58.5 Å². The number of hydrogen-bond acceptors (Lipinski definition) is 4. The number of hydrogen-bond donors (Lipinski definition) is 2. The van der Waals surface area contributed by atoms with Crippen LogP contribution in [0.15, 0.2) is 72.8 Å². The Bertz CT molecular complexity index is 940. The van der Waals surface area contributed by atoms with E-state index in [0.29, 0.717) is 11.7 Å². The molecule has 32 heavy (non-hydrogen) atoms. The Morgan fingerprint density at radius 3 is 1.94 bits per heavy atom. The fraction of sp³-hybridized carbons (Fsp3) is 0.357. The van der Waals surface area contributed by atoms with E-state index in [1.165, 1.54) is 22.3 Å². The number of benzene rings is 3. The van der Waals surface area contributed by atoms with Crippen molar-refractivity contribution in [1.29, 1.82) is 0 Å². The molecule has 0 bridgehead atoms. The van der Waals surface area contributed by atoms with Crippen LogP contribution in [0.25, 0.3) is 0 Å². The fourth-order valence-corrected chi connectivity index (χ4v) is 4.83. The number of unbranched alkanes of at least 4 members (excludes halogenated alkanes) is 1. The molecule has 0 atom stereocenters. The Hall–Kier alpha value is -2.82. The van der Waals surface area contributed by atoms with E-state index in [2.05, 4.69) is 83.5 Å². The quantitative estimate of drug-likeness (QED) is 0.490. The molecule has 0 radical (unpaired) electrons. The first kappa shape index (κ1) is 22.4. The van der Waals surface area contributed by atoms with Crippen LogP contribution in [-0.4, -0.2) is 36.0 Å². The molecule has 3 aromatic carbocycles. The largest absolute Gasteiger partial charge is 0.397 e. The molecule has 1 heterocycles. The molecule has 1 aliphatic heterocycles. The SMILES string of the molecule is CCCCc1c(CN2CCN(C(c3ccccc3)c3ccccc3)CC2)ccc(N)c1N. The Morgan fingerprint density at radius 1 is 0.781 bits per heavy atom. The molecule has 4 N–H and O–H groups in total. The van der Waals surface area contributed by atoms with Crippen LogP contribution in [0.5, 0.6) is 0 Å². The van der Waals surface area contributed by atoms with Crippen LogP contribution in [0.1, 0.15) is 48.1 Å². The number of piperazine rings is 1. The molecule has 168 valence electrons. The summed E-state index contributed by atoms with van der Waals surface area (Å²) >= 11 is 0. The van der Waals surface area contributed by atoms with Gasteiger partial charge in [-0.05, 0) is 41.2 Å². The highest BCUT2D eigenvalue weighted by molar-refractivity contribution is 5.69. The summed E-state index contributed by atoms with van der Waals surface area (Å²) in [5.41, 5.74) is 19.3. The predicted octanol–water partition coefficient (Wildman–Crippen LogP) is 5.10. The number of nitrogens with two attached hydrogens (primary N) is 2. The zero-order valence-corrected chi connectivity index (χ0v) is 19.2. The second-order valence-corrected chi connectivity index (χ2v) is 8.85. The van der Waals surface area contributed by atoms with Crippen molar-refractivity contribution in [1.82, 2.24) is 9.80 Å². The second-order valence-electron chi connectivity index (χ2n) is 8.85. The minimum Gasteiger partial charge on any atom is -0.397 e. The van der Waals surface area contributed by atoms with Gasteiger partial charge in [-0.3, -0.25) is 9.80 Å². The molecule has 1 aliphatic rings. The molecular formula is C28H36N4. The summed E-state index contributed by atoms with van der Waals surface area (Å²) in [5, 5.41) is 0. The normalized spacial score (nSPS) is 15.3. The van der Waals surface area contributed by atoms with E-state index in [1.54, 1.807) is 0 Å². The van der Waals surface area contributed by atoms with E-state index in [0.717, 1.165) is 57.7 Å². The van der Waals surface area contributed by atoms with Gasteiger partial charge in [-0.25, -0.2) is 0 Å². The van der Waals surface area contributed by atoms with Crippen molar-refractivity contribution in [3.8, 4) is 0 Å². The fourth-order valence-electron chi connectivity index (χ4n) is 4.83. The summed E-state index contributed by atoms with van der Waals surface area (Å²) in [6, 6.07) is 26.2. The van der Waals surface area contributed by atoms with Crippen LogP contribution in [0.4, 0.5) is 11.4 Å².